The molecule has 1 unspecified atom stereocenters. The van der Waals surface area contributed by atoms with Gasteiger partial charge >= 0.3 is 6.03 Å². The highest BCUT2D eigenvalue weighted by atomic mass is 79.9. The lowest BCUT2D eigenvalue weighted by Crippen LogP contribution is -3.00. The van der Waals surface area contributed by atoms with Gasteiger partial charge < -0.3 is 46.3 Å². The van der Waals surface area contributed by atoms with Crippen molar-refractivity contribution in [3.8, 4) is 17.2 Å². The number of anilines is 1. The number of amides is 2. The fourth-order valence-corrected chi connectivity index (χ4v) is 6.40. The van der Waals surface area contributed by atoms with Gasteiger partial charge in [0.05, 0.1) is 62.7 Å². The normalized spacial score (nSPS) is 18.6. The Labute approximate surface area is 282 Å². The molecule has 1 atom stereocenters. The van der Waals surface area contributed by atoms with E-state index in [1.165, 1.54) is 11.1 Å². The maximum atomic E-state index is 13.3. The van der Waals surface area contributed by atoms with Crippen LogP contribution in [0.1, 0.15) is 37.8 Å². The van der Waals surface area contributed by atoms with Crippen molar-refractivity contribution in [3.63, 3.8) is 0 Å². The number of methoxy groups -OCH3 is 3. The molecule has 0 spiro atoms. The number of benzene rings is 3. The maximum absolute atomic E-state index is 13.3. The van der Waals surface area contributed by atoms with Crippen LogP contribution in [0.5, 0.6) is 17.2 Å². The zero-order valence-electron chi connectivity index (χ0n) is 26.2. The third-order valence-corrected chi connectivity index (χ3v) is 9.26. The molecule has 2 amide bonds. The molecule has 0 saturated carbocycles. The molecule has 1 aliphatic heterocycles. The predicted molar refractivity (Wildman–Crippen MR) is 175 cm³/mol. The highest BCUT2D eigenvalue weighted by Crippen LogP contribution is 2.40. The number of hydrogen-bond donors (Lipinski definition) is 2. The van der Waals surface area contributed by atoms with E-state index in [1.54, 1.807) is 33.5 Å². The molecular formula is C34H44BrCl2N3O4. The first-order valence-corrected chi connectivity index (χ1v) is 15.6. The quantitative estimate of drug-likeness (QED) is 0.265. The van der Waals surface area contributed by atoms with Crippen molar-refractivity contribution in [2.45, 2.75) is 45.7 Å². The minimum atomic E-state index is -0.264. The molecular weight excluding hydrogens is 665 g/mol. The van der Waals surface area contributed by atoms with Gasteiger partial charge in [-0.25, -0.2) is 4.79 Å². The van der Waals surface area contributed by atoms with Crippen LogP contribution in [0.4, 0.5) is 10.5 Å². The van der Waals surface area contributed by atoms with Crippen LogP contribution in [0.2, 0.25) is 10.0 Å². The molecule has 7 nitrogen and oxygen atoms in total. The molecule has 3 aromatic carbocycles. The van der Waals surface area contributed by atoms with Crippen molar-refractivity contribution in [1.29, 1.82) is 0 Å². The minimum Gasteiger partial charge on any atom is -1.00 e. The van der Waals surface area contributed by atoms with Crippen LogP contribution in [-0.4, -0.2) is 57.5 Å². The van der Waals surface area contributed by atoms with Crippen molar-refractivity contribution < 1.29 is 40.5 Å². The molecule has 0 radical (unpaired) electrons. The summed E-state index contributed by atoms with van der Waals surface area (Å²) in [7, 11) is 4.66. The van der Waals surface area contributed by atoms with Crippen LogP contribution < -0.4 is 41.8 Å². The number of carbonyl (C=O) groups excluding carboxylic acids is 1. The molecule has 44 heavy (non-hydrogen) atoms. The van der Waals surface area contributed by atoms with Gasteiger partial charge in [-0.2, -0.15) is 0 Å². The van der Waals surface area contributed by atoms with Crippen LogP contribution >= 0.6 is 23.2 Å². The van der Waals surface area contributed by atoms with Crippen LogP contribution in [0.15, 0.2) is 60.7 Å². The first-order valence-electron chi connectivity index (χ1n) is 14.9. The average Bonchev–Trinajstić information content (AvgIpc) is 2.99. The number of likely N-dealkylation sites (tertiary alicyclic amines) is 1. The van der Waals surface area contributed by atoms with E-state index in [4.69, 9.17) is 37.4 Å². The summed E-state index contributed by atoms with van der Waals surface area (Å²) >= 11 is 12.4. The van der Waals surface area contributed by atoms with Crippen molar-refractivity contribution >= 4 is 34.9 Å². The van der Waals surface area contributed by atoms with Crippen molar-refractivity contribution in [2.75, 3.05) is 46.3 Å². The lowest BCUT2D eigenvalue weighted by atomic mass is 9.87. The topological polar surface area (TPSA) is 68.8 Å². The summed E-state index contributed by atoms with van der Waals surface area (Å²) in [5.41, 5.74) is 3.10. The van der Waals surface area contributed by atoms with Gasteiger partial charge in [-0.05, 0) is 48.8 Å². The molecule has 1 saturated heterocycles. The number of nitrogens with zero attached hydrogens (tertiary/aromatic N) is 1. The smallest absolute Gasteiger partial charge is 0.319 e. The summed E-state index contributed by atoms with van der Waals surface area (Å²) in [5.74, 6) is 2.26. The van der Waals surface area contributed by atoms with Gasteiger partial charge in [-0.1, -0.05) is 73.4 Å². The Morgan fingerprint density at radius 1 is 0.886 bits per heavy atom. The first kappa shape index (κ1) is 35.8. The van der Waals surface area contributed by atoms with Gasteiger partial charge in [0, 0.05) is 17.7 Å². The summed E-state index contributed by atoms with van der Waals surface area (Å²) < 4.78 is 17.3. The van der Waals surface area contributed by atoms with Gasteiger partial charge in [0.2, 0.25) is 5.75 Å². The van der Waals surface area contributed by atoms with Gasteiger partial charge in [-0.3, -0.25) is 0 Å². The van der Waals surface area contributed by atoms with E-state index in [1.807, 2.05) is 12.1 Å². The molecule has 1 fully saturated rings. The van der Waals surface area contributed by atoms with E-state index < -0.39 is 0 Å². The first-order chi connectivity index (χ1) is 20.6. The number of piperidine rings is 1. The number of carbonyl (C=O) groups is 1. The molecule has 10 heteroatoms. The fourth-order valence-electron chi connectivity index (χ4n) is 6.08. The van der Waals surface area contributed by atoms with Crippen molar-refractivity contribution in [1.82, 2.24) is 5.32 Å². The molecule has 4 rings (SSSR count). The molecule has 1 aliphatic rings. The SMILES string of the molecule is COc1cc(NC(=O)NC(C[N+]2(Cc3ccccc3)CCC(Cc3ccc(Cl)c(Cl)c3)CC2)C(C)C)cc(OC)c1OC.[Br-]. The molecule has 2 N–H and O–H groups in total. The minimum absolute atomic E-state index is 0. The molecule has 1 heterocycles. The summed E-state index contributed by atoms with van der Waals surface area (Å²) in [6.45, 7) is 8.19. The lowest BCUT2D eigenvalue weighted by molar-refractivity contribution is -0.947. The fraction of sp³-hybridized carbons (Fsp3) is 0.441. The highest BCUT2D eigenvalue weighted by molar-refractivity contribution is 6.42. The highest BCUT2D eigenvalue weighted by Gasteiger charge is 2.37. The van der Waals surface area contributed by atoms with E-state index in [0.29, 0.717) is 38.9 Å². The Hall–Kier alpha value is -2.65. The number of rotatable bonds is 12. The average molecular weight is 710 g/mol. The Bertz CT molecular complexity index is 1340. The Balaban J connectivity index is 0.00000529. The number of hydrogen-bond acceptors (Lipinski definition) is 4. The molecule has 240 valence electrons. The number of urea groups is 1. The third-order valence-electron chi connectivity index (χ3n) is 8.52. The van der Waals surface area contributed by atoms with Gasteiger partial charge in [0.1, 0.15) is 6.54 Å². The Morgan fingerprint density at radius 2 is 1.52 bits per heavy atom. The van der Waals surface area contributed by atoms with Crippen molar-refractivity contribution in [3.05, 3.63) is 81.8 Å². The zero-order chi connectivity index (χ0) is 31.0. The maximum Gasteiger partial charge on any atom is 0.319 e. The third kappa shape index (κ3) is 9.43. The predicted octanol–water partition coefficient (Wildman–Crippen LogP) is 4.84. The number of nitrogens with one attached hydrogen (secondary N) is 2. The Morgan fingerprint density at radius 3 is 2.07 bits per heavy atom. The van der Waals surface area contributed by atoms with Gasteiger partial charge in [0.25, 0.3) is 0 Å². The van der Waals surface area contributed by atoms with Crippen LogP contribution in [0, 0.1) is 11.8 Å². The summed E-state index contributed by atoms with van der Waals surface area (Å²) in [6.07, 6.45) is 3.20. The van der Waals surface area contributed by atoms with E-state index in [0.717, 1.165) is 49.9 Å². The van der Waals surface area contributed by atoms with E-state index in [2.05, 4.69) is 60.9 Å². The molecule has 0 aliphatic carbocycles. The lowest BCUT2D eigenvalue weighted by Gasteiger charge is -2.46. The largest absolute Gasteiger partial charge is 1.00 e. The van der Waals surface area contributed by atoms with E-state index in [-0.39, 0.29) is 35.0 Å². The second-order valence-electron chi connectivity index (χ2n) is 11.9. The monoisotopic (exact) mass is 707 g/mol. The molecule has 0 aromatic heterocycles. The Kier molecular flexibility index (Phi) is 13.5. The zero-order valence-corrected chi connectivity index (χ0v) is 29.3. The van der Waals surface area contributed by atoms with Crippen LogP contribution in [0.25, 0.3) is 0 Å². The van der Waals surface area contributed by atoms with Crippen molar-refractivity contribution in [2.24, 2.45) is 11.8 Å². The second kappa shape index (κ2) is 16.6. The van der Waals surface area contributed by atoms with Gasteiger partial charge in [0.15, 0.2) is 11.5 Å². The van der Waals surface area contributed by atoms with Gasteiger partial charge in [-0.15, -0.1) is 0 Å². The summed E-state index contributed by atoms with van der Waals surface area (Å²) in [5, 5.41) is 7.46. The van der Waals surface area contributed by atoms with Crippen LogP contribution in [0.3, 0.4) is 0 Å². The van der Waals surface area contributed by atoms with E-state index in [9.17, 15) is 4.79 Å². The number of ether oxygens (including phenoxy) is 3. The number of quaternary nitrogens is 1. The summed E-state index contributed by atoms with van der Waals surface area (Å²) in [4.78, 5) is 13.3. The molecule has 0 bridgehead atoms. The standard InChI is InChI=1S/C34H43Cl2N3O4.BrH/c1-23(2)30(38-34(40)37-27-19-31(41-3)33(43-5)32(20-27)42-4)22-39(21-25-9-7-6-8-10-25)15-13-24(14-16-39)17-26-11-12-28(35)29(36)18-26;/h6-12,18-20,23-24,30H,13-17,21-22H2,1-5H3,(H-,37,38,40);1H. The second-order valence-corrected chi connectivity index (χ2v) is 12.7. The number of halogens is 3. The van der Waals surface area contributed by atoms with E-state index >= 15 is 0 Å². The van der Waals surface area contributed by atoms with Crippen LogP contribution in [-0.2, 0) is 13.0 Å². The summed E-state index contributed by atoms with van der Waals surface area (Å²) in [6, 6.07) is 19.8. The molecule has 3 aromatic rings.